The Morgan fingerprint density at radius 2 is 1.59 bits per heavy atom. The summed E-state index contributed by atoms with van der Waals surface area (Å²) in [4.78, 5) is 28.0. The highest BCUT2D eigenvalue weighted by Crippen LogP contribution is 2.26. The Hall–Kier alpha value is -3.87. The molecular formula is C25H27N3O4. The number of carbonyl (C=O) groups is 1. The molecule has 0 saturated heterocycles. The molecule has 0 aromatic heterocycles. The van der Waals surface area contributed by atoms with E-state index in [0.717, 1.165) is 11.3 Å². The number of anilines is 2. The fourth-order valence-corrected chi connectivity index (χ4v) is 3.35. The Kier molecular flexibility index (Phi) is 7.10. The third-order valence-electron chi connectivity index (χ3n) is 5.15. The number of hydrogen-bond acceptors (Lipinski definition) is 5. The summed E-state index contributed by atoms with van der Waals surface area (Å²) in [6.45, 7) is 4.43. The van der Waals surface area contributed by atoms with E-state index >= 15 is 0 Å². The third-order valence-corrected chi connectivity index (χ3v) is 5.15. The number of amides is 1. The van der Waals surface area contributed by atoms with Gasteiger partial charge in [-0.3, -0.25) is 14.9 Å². The molecule has 7 nitrogen and oxygen atoms in total. The van der Waals surface area contributed by atoms with Crippen molar-refractivity contribution in [3.8, 4) is 5.75 Å². The Morgan fingerprint density at radius 1 is 0.969 bits per heavy atom. The number of nitro groups is 1. The number of aryl methyl sites for hydroxylation is 1. The summed E-state index contributed by atoms with van der Waals surface area (Å²) in [6.07, 6.45) is 0. The Morgan fingerprint density at radius 3 is 2.16 bits per heavy atom. The molecule has 0 heterocycles. The van der Waals surface area contributed by atoms with Gasteiger partial charge in [-0.2, -0.15) is 0 Å². The average molecular weight is 434 g/mol. The topological polar surface area (TPSA) is 75.9 Å². The number of carbonyl (C=O) groups excluding carboxylic acids is 1. The molecule has 3 aromatic carbocycles. The van der Waals surface area contributed by atoms with E-state index in [2.05, 4.69) is 0 Å². The molecule has 3 aromatic rings. The van der Waals surface area contributed by atoms with Gasteiger partial charge in [-0.15, -0.1) is 0 Å². The molecule has 0 atom stereocenters. The van der Waals surface area contributed by atoms with Crippen molar-refractivity contribution in [2.24, 2.45) is 0 Å². The molecule has 0 aliphatic heterocycles. The molecule has 0 saturated carbocycles. The number of nitro benzene ring substituents is 1. The quantitative estimate of drug-likeness (QED) is 0.360. The number of ether oxygens (including phenoxy) is 1. The minimum absolute atomic E-state index is 0.0715. The molecule has 0 fully saturated rings. The Labute approximate surface area is 188 Å². The maximum absolute atomic E-state index is 13.5. The van der Waals surface area contributed by atoms with Crippen LogP contribution in [0.1, 0.15) is 28.4 Å². The van der Waals surface area contributed by atoms with Crippen LogP contribution >= 0.6 is 0 Å². The van der Waals surface area contributed by atoms with Gasteiger partial charge in [0.2, 0.25) is 0 Å². The Bertz CT molecular complexity index is 1090. The highest BCUT2D eigenvalue weighted by molar-refractivity contribution is 6.06. The van der Waals surface area contributed by atoms with Crippen LogP contribution in [0.25, 0.3) is 0 Å². The van der Waals surface area contributed by atoms with Crippen LogP contribution in [0.3, 0.4) is 0 Å². The summed E-state index contributed by atoms with van der Waals surface area (Å²) in [7, 11) is 3.93. The SMILES string of the molecule is CCOc1ccc(N(Cc2ccc(N(C)C)cc2)C(=O)c2ccc(C)c([N+](=O)[O-])c2)cc1. The molecule has 0 bridgehead atoms. The minimum atomic E-state index is -0.465. The standard InChI is InChI=1S/C25H27N3O4/c1-5-32-23-14-12-22(13-15-23)27(17-19-7-10-21(11-8-19)26(3)4)25(29)20-9-6-18(2)24(16-20)28(30)31/h6-16H,5,17H2,1-4H3. The van der Waals surface area contributed by atoms with E-state index in [4.69, 9.17) is 4.74 Å². The number of rotatable bonds is 8. The molecule has 3 rings (SSSR count). The first-order valence-electron chi connectivity index (χ1n) is 10.4. The second-order valence-corrected chi connectivity index (χ2v) is 7.64. The van der Waals surface area contributed by atoms with Crippen molar-refractivity contribution in [1.29, 1.82) is 0 Å². The van der Waals surface area contributed by atoms with Crippen LogP contribution in [-0.4, -0.2) is 31.5 Å². The zero-order chi connectivity index (χ0) is 23.3. The fourth-order valence-electron chi connectivity index (χ4n) is 3.35. The summed E-state index contributed by atoms with van der Waals surface area (Å²) in [6, 6.07) is 19.8. The first-order valence-corrected chi connectivity index (χ1v) is 10.4. The normalized spacial score (nSPS) is 10.5. The van der Waals surface area contributed by atoms with Gasteiger partial charge >= 0.3 is 0 Å². The maximum Gasteiger partial charge on any atom is 0.273 e. The molecule has 0 aliphatic carbocycles. The van der Waals surface area contributed by atoms with E-state index in [0.29, 0.717) is 30.2 Å². The second-order valence-electron chi connectivity index (χ2n) is 7.64. The van der Waals surface area contributed by atoms with Gasteiger partial charge in [-0.25, -0.2) is 0 Å². The van der Waals surface area contributed by atoms with Gasteiger partial charge in [0, 0.05) is 42.7 Å². The number of hydrogen-bond donors (Lipinski definition) is 0. The molecule has 0 unspecified atom stereocenters. The van der Waals surface area contributed by atoms with E-state index in [1.54, 1.807) is 24.0 Å². The molecule has 7 heteroatoms. The second kappa shape index (κ2) is 9.96. The average Bonchev–Trinajstić information content (AvgIpc) is 2.78. The number of nitrogens with zero attached hydrogens (tertiary/aromatic N) is 3. The smallest absolute Gasteiger partial charge is 0.273 e. The van der Waals surface area contributed by atoms with Crippen molar-refractivity contribution in [2.45, 2.75) is 20.4 Å². The largest absolute Gasteiger partial charge is 0.494 e. The molecule has 0 spiro atoms. The lowest BCUT2D eigenvalue weighted by molar-refractivity contribution is -0.385. The maximum atomic E-state index is 13.5. The summed E-state index contributed by atoms with van der Waals surface area (Å²) < 4.78 is 5.51. The lowest BCUT2D eigenvalue weighted by Crippen LogP contribution is -2.30. The highest BCUT2D eigenvalue weighted by atomic mass is 16.6. The van der Waals surface area contributed by atoms with Gasteiger partial charge < -0.3 is 14.5 Å². The van der Waals surface area contributed by atoms with Crippen molar-refractivity contribution in [3.63, 3.8) is 0 Å². The van der Waals surface area contributed by atoms with Crippen LogP contribution in [0.2, 0.25) is 0 Å². The highest BCUT2D eigenvalue weighted by Gasteiger charge is 2.22. The van der Waals surface area contributed by atoms with Gasteiger partial charge in [-0.05, 0) is 61.9 Å². The third kappa shape index (κ3) is 5.24. The van der Waals surface area contributed by atoms with Crippen LogP contribution in [0.15, 0.2) is 66.7 Å². The first kappa shape index (κ1) is 22.8. The van der Waals surface area contributed by atoms with Crippen LogP contribution in [0.5, 0.6) is 5.75 Å². The molecule has 0 aliphatic rings. The van der Waals surface area contributed by atoms with Crippen molar-refractivity contribution < 1.29 is 14.5 Å². The van der Waals surface area contributed by atoms with Gasteiger partial charge in [0.25, 0.3) is 11.6 Å². The van der Waals surface area contributed by atoms with Crippen molar-refractivity contribution in [1.82, 2.24) is 0 Å². The van der Waals surface area contributed by atoms with E-state index in [1.165, 1.54) is 6.07 Å². The fraction of sp³-hybridized carbons (Fsp3) is 0.240. The Balaban J connectivity index is 1.98. The van der Waals surface area contributed by atoms with Crippen LogP contribution in [0, 0.1) is 17.0 Å². The van der Waals surface area contributed by atoms with Crippen LogP contribution in [0.4, 0.5) is 17.1 Å². The van der Waals surface area contributed by atoms with Gasteiger partial charge in [-0.1, -0.05) is 18.2 Å². The van der Waals surface area contributed by atoms with E-state index < -0.39 is 4.92 Å². The van der Waals surface area contributed by atoms with Crippen molar-refractivity contribution in [3.05, 3.63) is 93.5 Å². The molecule has 1 amide bonds. The van der Waals surface area contributed by atoms with Crippen LogP contribution < -0.4 is 14.5 Å². The molecule has 0 N–H and O–H groups in total. The monoisotopic (exact) mass is 433 g/mol. The van der Waals surface area contributed by atoms with E-state index in [1.807, 2.05) is 74.4 Å². The predicted octanol–water partition coefficient (Wildman–Crippen LogP) is 5.21. The molecule has 32 heavy (non-hydrogen) atoms. The van der Waals surface area contributed by atoms with Crippen molar-refractivity contribution in [2.75, 3.05) is 30.5 Å². The van der Waals surface area contributed by atoms with Gasteiger partial charge in [0.15, 0.2) is 0 Å². The summed E-state index contributed by atoms with van der Waals surface area (Å²) in [5.74, 6) is 0.402. The zero-order valence-corrected chi connectivity index (χ0v) is 18.7. The van der Waals surface area contributed by atoms with Crippen molar-refractivity contribution >= 4 is 23.0 Å². The lowest BCUT2D eigenvalue weighted by Gasteiger charge is -2.24. The van der Waals surface area contributed by atoms with E-state index in [-0.39, 0.29) is 17.2 Å². The summed E-state index contributed by atoms with van der Waals surface area (Å²) >= 11 is 0. The molecule has 0 radical (unpaired) electrons. The summed E-state index contributed by atoms with van der Waals surface area (Å²) in [5, 5.41) is 11.4. The molecule has 166 valence electrons. The lowest BCUT2D eigenvalue weighted by atomic mass is 10.1. The van der Waals surface area contributed by atoms with Crippen LogP contribution in [-0.2, 0) is 6.54 Å². The van der Waals surface area contributed by atoms with Gasteiger partial charge in [0.05, 0.1) is 18.1 Å². The number of benzene rings is 3. The minimum Gasteiger partial charge on any atom is -0.494 e. The van der Waals surface area contributed by atoms with Gasteiger partial charge in [0.1, 0.15) is 5.75 Å². The summed E-state index contributed by atoms with van der Waals surface area (Å²) in [5.41, 5.74) is 3.39. The first-order chi connectivity index (χ1) is 15.3. The predicted molar refractivity (Wildman–Crippen MR) is 127 cm³/mol. The molecular weight excluding hydrogens is 406 g/mol. The van der Waals surface area contributed by atoms with E-state index in [9.17, 15) is 14.9 Å². The zero-order valence-electron chi connectivity index (χ0n) is 18.7.